The van der Waals surface area contributed by atoms with Crippen molar-refractivity contribution >= 4 is 28.8 Å². The van der Waals surface area contributed by atoms with Gasteiger partial charge in [0, 0.05) is 16.7 Å². The second-order valence-electron chi connectivity index (χ2n) is 8.84. The Balaban J connectivity index is 1.85. The van der Waals surface area contributed by atoms with Crippen LogP contribution in [0.5, 0.6) is 0 Å². The van der Waals surface area contributed by atoms with E-state index in [2.05, 4.69) is 10.3 Å². The van der Waals surface area contributed by atoms with E-state index < -0.39 is 35.8 Å². The Bertz CT molecular complexity index is 1600. The smallest absolute Gasteiger partial charge is 0.353 e. The Morgan fingerprint density at radius 1 is 0.951 bits per heavy atom. The quantitative estimate of drug-likeness (QED) is 0.126. The van der Waals surface area contributed by atoms with E-state index >= 15 is 0 Å². The molecule has 0 spiro atoms. The number of nitrogens with zero attached hydrogens (tertiary/aromatic N) is 2. The van der Waals surface area contributed by atoms with Crippen molar-refractivity contribution in [2.45, 2.75) is 25.8 Å². The van der Waals surface area contributed by atoms with Crippen LogP contribution in [0.15, 0.2) is 82.4 Å². The Kier molecular flexibility index (Phi) is 8.45. The number of benzene rings is 3. The maximum atomic E-state index is 13.5. The number of nitrogens with two attached hydrogens (primary N) is 1. The molecule has 13 heteroatoms. The molecular weight excluding hydrogens is 574 g/mol. The van der Waals surface area contributed by atoms with Crippen molar-refractivity contribution in [3.8, 4) is 0 Å². The largest absolute Gasteiger partial charge is 0.416 e. The van der Waals surface area contributed by atoms with Crippen LogP contribution >= 0.6 is 11.6 Å². The average molecular weight is 594 g/mol. The molecule has 0 saturated heterocycles. The maximum absolute atomic E-state index is 13.5. The molecule has 1 heterocycles. The first kappa shape index (κ1) is 29.7. The number of hydrogen-bond acceptors (Lipinski definition) is 5. The third-order valence-corrected chi connectivity index (χ3v) is 6.39. The zero-order chi connectivity index (χ0) is 29.9. The molecule has 0 aliphatic rings. The number of rotatable bonds is 8. The number of hydrogen-bond donors (Lipinski definition) is 2. The van der Waals surface area contributed by atoms with Gasteiger partial charge in [-0.1, -0.05) is 47.1 Å². The minimum Gasteiger partial charge on any atom is -0.353 e. The molecular formula is C28H20ClF6N4O2+. The third-order valence-electron chi connectivity index (χ3n) is 6.06. The summed E-state index contributed by atoms with van der Waals surface area (Å²) in [6.07, 6.45) is -10.0. The summed E-state index contributed by atoms with van der Waals surface area (Å²) in [7, 11) is 0. The van der Waals surface area contributed by atoms with E-state index in [1.165, 1.54) is 24.4 Å². The van der Waals surface area contributed by atoms with Crippen molar-refractivity contribution in [2.24, 2.45) is 5.11 Å². The lowest BCUT2D eigenvalue weighted by Gasteiger charge is -2.14. The van der Waals surface area contributed by atoms with Gasteiger partial charge in [-0.15, -0.1) is 5.11 Å². The van der Waals surface area contributed by atoms with Crippen LogP contribution in [0.2, 0.25) is 5.02 Å². The highest BCUT2D eigenvalue weighted by Gasteiger charge is 2.37. The molecule has 0 aliphatic heterocycles. The van der Waals surface area contributed by atoms with Crippen LogP contribution in [-0.2, 0) is 18.9 Å². The molecule has 0 fully saturated rings. The molecule has 0 saturated carbocycles. The summed E-state index contributed by atoms with van der Waals surface area (Å²) in [5, 5.41) is 8.88. The summed E-state index contributed by atoms with van der Waals surface area (Å²) in [6, 6.07) is 15.7. The van der Waals surface area contributed by atoms with Crippen molar-refractivity contribution < 1.29 is 41.0 Å². The fourth-order valence-corrected chi connectivity index (χ4v) is 4.36. The highest BCUT2D eigenvalue weighted by Crippen LogP contribution is 2.36. The molecule has 212 valence electrons. The van der Waals surface area contributed by atoms with Crippen LogP contribution in [0.1, 0.15) is 49.6 Å². The number of alkyl halides is 6. The molecule has 0 amide bonds. The van der Waals surface area contributed by atoms with Gasteiger partial charge in [-0.3, -0.25) is 4.79 Å². The van der Waals surface area contributed by atoms with Crippen molar-refractivity contribution in [1.82, 2.24) is 5.16 Å². The summed E-state index contributed by atoms with van der Waals surface area (Å²) >= 11 is 6.21. The van der Waals surface area contributed by atoms with E-state index in [-0.39, 0.29) is 50.6 Å². The zero-order valence-electron chi connectivity index (χ0n) is 21.1. The maximum Gasteiger partial charge on any atom is 0.416 e. The van der Waals surface area contributed by atoms with E-state index in [9.17, 15) is 31.1 Å². The minimum absolute atomic E-state index is 0.0475. The van der Waals surface area contributed by atoms with Gasteiger partial charge >= 0.3 is 12.4 Å². The fourth-order valence-electron chi connectivity index (χ4n) is 4.14. The molecule has 0 radical (unpaired) electrons. The molecule has 0 atom stereocenters. The second kappa shape index (κ2) is 11.7. The average Bonchev–Trinajstić information content (AvgIpc) is 3.31. The van der Waals surface area contributed by atoms with Crippen molar-refractivity contribution in [1.29, 1.82) is 5.53 Å². The molecule has 6 nitrogen and oxygen atoms in total. The molecule has 0 unspecified atom stereocenters. The number of carbonyl (C=O) groups excluding carboxylic acids is 1. The number of nitrogens with one attached hydrogen (secondary N) is 1. The third kappa shape index (κ3) is 6.55. The normalized spacial score (nSPS) is 12.7. The van der Waals surface area contributed by atoms with E-state index in [0.717, 1.165) is 0 Å². The van der Waals surface area contributed by atoms with E-state index in [4.69, 9.17) is 21.7 Å². The van der Waals surface area contributed by atoms with Crippen LogP contribution < -0.4 is 5.32 Å². The number of aryl methyl sites for hydroxylation is 1. The number of ketones is 1. The van der Waals surface area contributed by atoms with Crippen LogP contribution in [0.3, 0.4) is 0 Å². The van der Waals surface area contributed by atoms with Crippen molar-refractivity contribution in [3.63, 3.8) is 0 Å². The second-order valence-corrected chi connectivity index (χ2v) is 9.25. The van der Waals surface area contributed by atoms with Gasteiger partial charge in [0.15, 0.2) is 17.2 Å². The molecule has 3 aromatic carbocycles. The SMILES string of the molecule is Cc1noc(/C(N=N)=C(/[NH2+]Cc2cc(C(F)(F)F)cc(C(F)(F)F)c2)c2ccccc2)c1C(=O)c1ccccc1Cl. The number of halogens is 7. The highest BCUT2D eigenvalue weighted by atomic mass is 35.5. The van der Waals surface area contributed by atoms with Gasteiger partial charge in [-0.2, -0.15) is 26.3 Å². The van der Waals surface area contributed by atoms with Crippen molar-refractivity contribution in [3.05, 3.63) is 123 Å². The summed E-state index contributed by atoms with van der Waals surface area (Å²) < 4.78 is 85.9. The van der Waals surface area contributed by atoms with Crippen LogP contribution in [0.4, 0.5) is 26.3 Å². The fraction of sp³-hybridized carbons (Fsp3) is 0.143. The molecule has 41 heavy (non-hydrogen) atoms. The summed E-state index contributed by atoms with van der Waals surface area (Å²) in [5.41, 5.74) is 5.27. The molecule has 0 aliphatic carbocycles. The predicted molar refractivity (Wildman–Crippen MR) is 137 cm³/mol. The van der Waals surface area contributed by atoms with Gasteiger partial charge in [-0.05, 0) is 49.4 Å². The minimum atomic E-state index is -5.01. The van der Waals surface area contributed by atoms with Crippen LogP contribution in [0.25, 0.3) is 11.4 Å². The number of carbonyl (C=O) groups is 1. The van der Waals surface area contributed by atoms with Gasteiger partial charge in [0.25, 0.3) is 0 Å². The Hall–Kier alpha value is -4.29. The van der Waals surface area contributed by atoms with Gasteiger partial charge in [0.2, 0.25) is 5.76 Å². The zero-order valence-corrected chi connectivity index (χ0v) is 21.8. The number of aromatic nitrogens is 1. The highest BCUT2D eigenvalue weighted by molar-refractivity contribution is 6.35. The molecule has 1 aromatic heterocycles. The molecule has 0 bridgehead atoms. The Morgan fingerprint density at radius 2 is 1.54 bits per heavy atom. The first-order chi connectivity index (χ1) is 19.3. The van der Waals surface area contributed by atoms with Gasteiger partial charge in [0.1, 0.15) is 6.54 Å². The van der Waals surface area contributed by atoms with Gasteiger partial charge in [0.05, 0.1) is 27.4 Å². The summed E-state index contributed by atoms with van der Waals surface area (Å²) in [6.45, 7) is 1.09. The summed E-state index contributed by atoms with van der Waals surface area (Å²) in [4.78, 5) is 13.5. The molecule has 3 N–H and O–H groups in total. The van der Waals surface area contributed by atoms with Crippen LogP contribution in [0, 0.1) is 12.5 Å². The van der Waals surface area contributed by atoms with E-state index in [0.29, 0.717) is 17.7 Å². The lowest BCUT2D eigenvalue weighted by molar-refractivity contribution is -0.579. The van der Waals surface area contributed by atoms with Gasteiger partial charge in [-0.25, -0.2) is 5.53 Å². The monoisotopic (exact) mass is 593 g/mol. The van der Waals surface area contributed by atoms with E-state index in [1.807, 2.05) is 0 Å². The first-order valence-electron chi connectivity index (χ1n) is 11.9. The van der Waals surface area contributed by atoms with Crippen LogP contribution in [-0.4, -0.2) is 10.9 Å². The Morgan fingerprint density at radius 3 is 2.10 bits per heavy atom. The first-order valence-corrected chi connectivity index (χ1v) is 12.2. The summed E-state index contributed by atoms with van der Waals surface area (Å²) in [5.74, 6) is -0.789. The van der Waals surface area contributed by atoms with E-state index in [1.54, 1.807) is 42.5 Å². The lowest BCUT2D eigenvalue weighted by atomic mass is 9.98. The predicted octanol–water partition coefficient (Wildman–Crippen LogP) is 7.53. The molecule has 4 rings (SSSR count). The standard InChI is InChI=1S/C28H19ClF6N4O2/c1-15-22(25(40)20-9-5-6-10-21(20)29)26(41-39-15)24(38-36)23(17-7-3-2-4-8-17)37-14-16-11-18(27(30,31)32)13-19(12-16)28(33,34)35/h2-13,36-37H,14H2,1H3/p+1/b24-23-,38-36?. The molecule has 4 aromatic rings. The Labute approximate surface area is 234 Å². The number of quaternary nitrogens is 1. The van der Waals surface area contributed by atoms with Gasteiger partial charge < -0.3 is 9.84 Å². The lowest BCUT2D eigenvalue weighted by Crippen LogP contribution is -2.79. The van der Waals surface area contributed by atoms with Crippen molar-refractivity contribution in [2.75, 3.05) is 0 Å². The topological polar surface area (TPSA) is 95.9 Å².